The maximum Gasteiger partial charge on any atom is 0.251 e. The van der Waals surface area contributed by atoms with Crippen molar-refractivity contribution in [2.24, 2.45) is 0 Å². The highest BCUT2D eigenvalue weighted by molar-refractivity contribution is 5.97. The molecule has 240 valence electrons. The number of H-pyrrole nitrogens is 1. The minimum Gasteiger partial charge on any atom is -0.383 e. The molecule has 4 N–H and O–H groups in total. The molecule has 4 rings (SSSR count). The minimum atomic E-state index is -0.698. The van der Waals surface area contributed by atoms with Crippen LogP contribution >= 0.6 is 0 Å². The first-order valence-corrected chi connectivity index (χ1v) is 15.6. The van der Waals surface area contributed by atoms with Crippen molar-refractivity contribution in [3.63, 3.8) is 0 Å². The van der Waals surface area contributed by atoms with Crippen LogP contribution in [0.5, 0.6) is 0 Å². The molecule has 3 aromatic carbocycles. The van der Waals surface area contributed by atoms with Gasteiger partial charge in [-0.1, -0.05) is 54.6 Å². The highest BCUT2D eigenvalue weighted by Gasteiger charge is 2.24. The largest absolute Gasteiger partial charge is 0.383 e. The molecule has 0 radical (unpaired) electrons. The van der Waals surface area contributed by atoms with Gasteiger partial charge in [-0.3, -0.25) is 14.5 Å². The first-order chi connectivity index (χ1) is 22.0. The molecule has 45 heavy (non-hydrogen) atoms. The summed E-state index contributed by atoms with van der Waals surface area (Å²) in [6.45, 7) is 6.76. The number of aromatic nitrogens is 2. The zero-order valence-electron chi connectivity index (χ0n) is 26.6. The third-order valence-electron chi connectivity index (χ3n) is 7.85. The van der Waals surface area contributed by atoms with Crippen LogP contribution in [0.4, 0.5) is 0 Å². The Labute approximate surface area is 265 Å². The molecule has 0 saturated heterocycles. The number of ether oxygens (including phenoxy) is 2. The molecule has 1 heterocycles. The van der Waals surface area contributed by atoms with Crippen LogP contribution in [-0.2, 0) is 27.4 Å². The number of rotatable bonds is 19. The van der Waals surface area contributed by atoms with Gasteiger partial charge in [-0.05, 0) is 60.3 Å². The van der Waals surface area contributed by atoms with Gasteiger partial charge in [0.2, 0.25) is 5.91 Å². The SMILES string of the molecule is COCCN(CCC[C@H](NC(=O)c1ccc(CNCc2ncc[nH]2)cc1)C(=O)NC(C)c1cccc2ccccc12)CCOC. The number of imidazole rings is 1. The van der Waals surface area contributed by atoms with Crippen molar-refractivity contribution in [1.82, 2.24) is 30.8 Å². The van der Waals surface area contributed by atoms with Crippen molar-refractivity contribution < 1.29 is 19.1 Å². The number of amides is 2. The Hall–Kier alpha value is -4.09. The van der Waals surface area contributed by atoms with Crippen molar-refractivity contribution in [2.75, 3.05) is 47.1 Å². The second-order valence-corrected chi connectivity index (χ2v) is 11.1. The van der Waals surface area contributed by atoms with E-state index < -0.39 is 6.04 Å². The van der Waals surface area contributed by atoms with E-state index in [1.54, 1.807) is 38.7 Å². The number of hydrogen-bond donors (Lipinski definition) is 4. The molecule has 0 saturated carbocycles. The molecule has 0 spiro atoms. The number of benzene rings is 3. The second kappa shape index (κ2) is 18.0. The summed E-state index contributed by atoms with van der Waals surface area (Å²) in [5.41, 5.74) is 2.59. The Morgan fingerprint density at radius 2 is 1.62 bits per heavy atom. The monoisotopic (exact) mass is 614 g/mol. The molecule has 2 atom stereocenters. The van der Waals surface area contributed by atoms with Crippen LogP contribution in [0.1, 0.15) is 53.1 Å². The molecule has 10 heteroatoms. The highest BCUT2D eigenvalue weighted by atomic mass is 16.5. The Bertz CT molecular complexity index is 1450. The van der Waals surface area contributed by atoms with Gasteiger partial charge in [-0.25, -0.2) is 4.98 Å². The van der Waals surface area contributed by atoms with E-state index in [4.69, 9.17) is 9.47 Å². The van der Waals surface area contributed by atoms with E-state index in [1.807, 2.05) is 43.3 Å². The van der Waals surface area contributed by atoms with E-state index in [0.29, 0.717) is 44.7 Å². The predicted molar refractivity (Wildman–Crippen MR) is 177 cm³/mol. The fourth-order valence-corrected chi connectivity index (χ4v) is 5.32. The Kier molecular flexibility index (Phi) is 13.5. The third kappa shape index (κ3) is 10.5. The zero-order valence-corrected chi connectivity index (χ0v) is 26.6. The lowest BCUT2D eigenvalue weighted by molar-refractivity contribution is -0.123. The van der Waals surface area contributed by atoms with Crippen LogP contribution in [0, 0.1) is 0 Å². The zero-order chi connectivity index (χ0) is 31.9. The topological polar surface area (TPSA) is 121 Å². The predicted octanol–water partition coefficient (Wildman–Crippen LogP) is 4.20. The normalized spacial score (nSPS) is 12.7. The molecule has 0 aliphatic carbocycles. The van der Waals surface area contributed by atoms with Gasteiger partial charge in [0, 0.05) is 51.8 Å². The summed E-state index contributed by atoms with van der Waals surface area (Å²) < 4.78 is 10.5. The van der Waals surface area contributed by atoms with E-state index in [-0.39, 0.29) is 17.9 Å². The van der Waals surface area contributed by atoms with Crippen molar-refractivity contribution >= 4 is 22.6 Å². The number of carbonyl (C=O) groups excluding carboxylic acids is 2. The van der Waals surface area contributed by atoms with E-state index in [1.165, 1.54) is 0 Å². The molecule has 4 aromatic rings. The van der Waals surface area contributed by atoms with Crippen LogP contribution in [-0.4, -0.2) is 79.8 Å². The number of hydrogen-bond acceptors (Lipinski definition) is 7. The summed E-state index contributed by atoms with van der Waals surface area (Å²) in [7, 11) is 3.37. The van der Waals surface area contributed by atoms with E-state index in [2.05, 4.69) is 49.0 Å². The number of fused-ring (bicyclic) bond motifs is 1. The molecular formula is C35H46N6O4. The van der Waals surface area contributed by atoms with Crippen LogP contribution in [0.25, 0.3) is 10.8 Å². The van der Waals surface area contributed by atoms with Gasteiger partial charge in [-0.15, -0.1) is 0 Å². The molecule has 0 aliphatic heterocycles. The van der Waals surface area contributed by atoms with Gasteiger partial charge in [0.15, 0.2) is 0 Å². The summed E-state index contributed by atoms with van der Waals surface area (Å²) in [6, 6.07) is 20.7. The summed E-state index contributed by atoms with van der Waals surface area (Å²) >= 11 is 0. The van der Waals surface area contributed by atoms with Gasteiger partial charge in [0.05, 0.1) is 25.8 Å². The van der Waals surface area contributed by atoms with Gasteiger partial charge in [0.25, 0.3) is 5.91 Å². The summed E-state index contributed by atoms with van der Waals surface area (Å²) in [5, 5.41) is 11.7. The lowest BCUT2D eigenvalue weighted by atomic mass is 9.99. The standard InChI is InChI=1S/C35H46N6O4/c1-26(30-11-6-9-28-8-4-5-10-31(28)30)39-35(43)32(12-7-19-41(20-22-44-2)21-23-45-3)40-34(42)29-15-13-27(14-16-29)24-36-25-33-37-17-18-38-33/h4-6,8-11,13-18,26,32,36H,7,12,19-25H2,1-3H3,(H,37,38)(H,39,43)(H,40,42)/t26?,32-/m0/s1. The molecule has 0 aliphatic rings. The van der Waals surface area contributed by atoms with E-state index >= 15 is 0 Å². The Balaban J connectivity index is 1.41. The average molecular weight is 615 g/mol. The lowest BCUT2D eigenvalue weighted by Crippen LogP contribution is -2.47. The number of methoxy groups -OCH3 is 2. The average Bonchev–Trinajstić information content (AvgIpc) is 3.58. The van der Waals surface area contributed by atoms with Crippen LogP contribution < -0.4 is 16.0 Å². The van der Waals surface area contributed by atoms with Gasteiger partial charge in [0.1, 0.15) is 11.9 Å². The Morgan fingerprint density at radius 1 is 0.889 bits per heavy atom. The van der Waals surface area contributed by atoms with Gasteiger partial charge < -0.3 is 30.4 Å². The number of nitrogens with one attached hydrogen (secondary N) is 4. The smallest absolute Gasteiger partial charge is 0.251 e. The van der Waals surface area contributed by atoms with Crippen molar-refractivity contribution in [3.05, 3.63) is 102 Å². The maximum absolute atomic E-state index is 13.7. The van der Waals surface area contributed by atoms with Gasteiger partial charge >= 0.3 is 0 Å². The molecule has 1 aromatic heterocycles. The third-order valence-corrected chi connectivity index (χ3v) is 7.85. The first-order valence-electron chi connectivity index (χ1n) is 15.6. The molecule has 0 bridgehead atoms. The molecule has 10 nitrogen and oxygen atoms in total. The fourth-order valence-electron chi connectivity index (χ4n) is 5.32. The highest BCUT2D eigenvalue weighted by Crippen LogP contribution is 2.24. The van der Waals surface area contributed by atoms with Gasteiger partial charge in [-0.2, -0.15) is 0 Å². The number of nitrogens with zero attached hydrogens (tertiary/aromatic N) is 2. The molecular weight excluding hydrogens is 568 g/mol. The minimum absolute atomic E-state index is 0.206. The fraction of sp³-hybridized carbons (Fsp3) is 0.400. The summed E-state index contributed by atoms with van der Waals surface area (Å²) in [4.78, 5) is 36.6. The first kappa shape index (κ1) is 33.8. The number of aromatic amines is 1. The summed E-state index contributed by atoms with van der Waals surface area (Å²) in [5.74, 6) is 0.382. The lowest BCUT2D eigenvalue weighted by Gasteiger charge is -2.25. The van der Waals surface area contributed by atoms with Crippen molar-refractivity contribution in [2.45, 2.75) is 44.9 Å². The molecule has 2 amide bonds. The van der Waals surface area contributed by atoms with Crippen LogP contribution in [0.15, 0.2) is 79.1 Å². The summed E-state index contributed by atoms with van der Waals surface area (Å²) in [6.07, 6.45) is 4.72. The molecule has 0 fully saturated rings. The second-order valence-electron chi connectivity index (χ2n) is 11.1. The molecule has 1 unspecified atom stereocenters. The maximum atomic E-state index is 13.7. The van der Waals surface area contributed by atoms with Crippen molar-refractivity contribution in [3.8, 4) is 0 Å². The number of carbonyl (C=O) groups is 2. The van der Waals surface area contributed by atoms with E-state index in [0.717, 1.165) is 47.4 Å². The van der Waals surface area contributed by atoms with Crippen molar-refractivity contribution in [1.29, 1.82) is 0 Å². The van der Waals surface area contributed by atoms with Crippen LogP contribution in [0.2, 0.25) is 0 Å². The quantitative estimate of drug-likeness (QED) is 0.125. The van der Waals surface area contributed by atoms with E-state index in [9.17, 15) is 9.59 Å². The van der Waals surface area contributed by atoms with Crippen LogP contribution in [0.3, 0.4) is 0 Å². The Morgan fingerprint density at radius 3 is 2.33 bits per heavy atom.